The first kappa shape index (κ1) is 11.9. The third kappa shape index (κ3) is 2.45. The van der Waals surface area contributed by atoms with Crippen LogP contribution < -0.4 is 5.73 Å². The van der Waals surface area contributed by atoms with E-state index in [4.69, 9.17) is 15.9 Å². The first-order chi connectivity index (χ1) is 6.95. The number of hydrogen-bond donors (Lipinski definition) is 3. The van der Waals surface area contributed by atoms with Crippen LogP contribution in [0.15, 0.2) is 0 Å². The molecule has 0 saturated carbocycles. The Hall–Kier alpha value is -1.14. The fourth-order valence-electron chi connectivity index (χ4n) is 1.69. The van der Waals surface area contributed by atoms with Gasteiger partial charge in [-0.25, -0.2) is 4.79 Å². The van der Waals surface area contributed by atoms with E-state index < -0.39 is 30.1 Å². The van der Waals surface area contributed by atoms with Crippen LogP contribution >= 0.6 is 0 Å². The van der Waals surface area contributed by atoms with E-state index in [2.05, 4.69) is 0 Å². The molecule has 6 heteroatoms. The zero-order chi connectivity index (χ0) is 11.6. The molecule has 1 heterocycles. The Morgan fingerprint density at radius 2 is 2.13 bits per heavy atom. The molecule has 6 nitrogen and oxygen atoms in total. The lowest BCUT2D eigenvalue weighted by Crippen LogP contribution is -2.52. The molecule has 1 aliphatic rings. The van der Waals surface area contributed by atoms with E-state index in [1.54, 1.807) is 0 Å². The lowest BCUT2D eigenvalue weighted by molar-refractivity contribution is -0.149. The molecule has 0 spiro atoms. The molecule has 0 radical (unpaired) electrons. The van der Waals surface area contributed by atoms with Crippen LogP contribution in [-0.4, -0.2) is 51.7 Å². The lowest BCUT2D eigenvalue weighted by Gasteiger charge is -2.25. The molecule has 0 aromatic heterocycles. The number of amides is 1. The maximum absolute atomic E-state index is 11.7. The summed E-state index contributed by atoms with van der Waals surface area (Å²) in [7, 11) is 0. The van der Waals surface area contributed by atoms with Gasteiger partial charge >= 0.3 is 5.97 Å². The van der Waals surface area contributed by atoms with Crippen molar-refractivity contribution in [3.05, 3.63) is 0 Å². The summed E-state index contributed by atoms with van der Waals surface area (Å²) < 4.78 is 0. The van der Waals surface area contributed by atoms with Crippen LogP contribution in [0.3, 0.4) is 0 Å². The molecule has 1 amide bonds. The molecule has 1 fully saturated rings. The minimum absolute atomic E-state index is 0.399. The van der Waals surface area contributed by atoms with Crippen molar-refractivity contribution in [3.8, 4) is 0 Å². The fraction of sp³-hybridized carbons (Fsp3) is 0.778. The van der Waals surface area contributed by atoms with Gasteiger partial charge in [-0.05, 0) is 19.8 Å². The van der Waals surface area contributed by atoms with Crippen molar-refractivity contribution in [2.24, 2.45) is 5.73 Å². The number of nitrogens with zero attached hydrogens (tertiary/aromatic N) is 1. The summed E-state index contributed by atoms with van der Waals surface area (Å²) in [6, 6.07) is -1.83. The predicted octanol–water partition coefficient (Wildman–Crippen LogP) is -1.23. The molecule has 86 valence electrons. The van der Waals surface area contributed by atoms with Crippen molar-refractivity contribution in [3.63, 3.8) is 0 Å². The molecule has 1 aliphatic heterocycles. The van der Waals surface area contributed by atoms with Gasteiger partial charge in [0.15, 0.2) is 0 Å². The average molecular weight is 216 g/mol. The normalized spacial score (nSPS) is 25.0. The third-order valence-electron chi connectivity index (χ3n) is 2.63. The topological polar surface area (TPSA) is 104 Å². The number of rotatable bonds is 3. The summed E-state index contributed by atoms with van der Waals surface area (Å²) in [6.07, 6.45) is 0.149. The minimum Gasteiger partial charge on any atom is -0.480 e. The third-order valence-corrected chi connectivity index (χ3v) is 2.63. The summed E-state index contributed by atoms with van der Waals surface area (Å²) in [5.41, 5.74) is 5.47. The Bertz CT molecular complexity index is 267. The van der Waals surface area contributed by atoms with Gasteiger partial charge in [0, 0.05) is 6.54 Å². The number of carbonyl (C=O) groups is 2. The molecular formula is C9H16N2O4. The van der Waals surface area contributed by atoms with Crippen molar-refractivity contribution < 1.29 is 19.8 Å². The van der Waals surface area contributed by atoms with Gasteiger partial charge < -0.3 is 20.8 Å². The van der Waals surface area contributed by atoms with Gasteiger partial charge in [0.05, 0.1) is 6.10 Å². The molecule has 0 aromatic carbocycles. The van der Waals surface area contributed by atoms with E-state index in [9.17, 15) is 9.59 Å². The highest BCUT2D eigenvalue weighted by Crippen LogP contribution is 2.18. The van der Waals surface area contributed by atoms with Gasteiger partial charge in [0.2, 0.25) is 5.91 Å². The summed E-state index contributed by atoms with van der Waals surface area (Å²) in [4.78, 5) is 23.7. The van der Waals surface area contributed by atoms with Crippen LogP contribution in [0.1, 0.15) is 19.8 Å². The second-order valence-corrected chi connectivity index (χ2v) is 3.79. The molecule has 3 atom stereocenters. The van der Waals surface area contributed by atoms with Crippen molar-refractivity contribution in [1.82, 2.24) is 4.90 Å². The number of likely N-dealkylation sites (tertiary alicyclic amines) is 1. The summed E-state index contributed by atoms with van der Waals surface area (Å²) >= 11 is 0. The van der Waals surface area contributed by atoms with Gasteiger partial charge in [0.1, 0.15) is 12.1 Å². The van der Waals surface area contributed by atoms with E-state index in [1.165, 1.54) is 11.8 Å². The van der Waals surface area contributed by atoms with Gasteiger partial charge in [-0.1, -0.05) is 0 Å². The molecule has 0 bridgehead atoms. The number of hydrogen-bond acceptors (Lipinski definition) is 4. The summed E-state index contributed by atoms with van der Waals surface area (Å²) in [5, 5.41) is 18.0. The van der Waals surface area contributed by atoms with Crippen LogP contribution in [0.25, 0.3) is 0 Å². The van der Waals surface area contributed by atoms with Crippen molar-refractivity contribution in [1.29, 1.82) is 0 Å². The monoisotopic (exact) mass is 216 g/mol. The van der Waals surface area contributed by atoms with Crippen LogP contribution in [0.2, 0.25) is 0 Å². The number of nitrogens with two attached hydrogens (primary N) is 1. The van der Waals surface area contributed by atoms with E-state index in [0.717, 1.165) is 0 Å². The van der Waals surface area contributed by atoms with Crippen LogP contribution in [0.5, 0.6) is 0 Å². The molecule has 15 heavy (non-hydrogen) atoms. The highest BCUT2D eigenvalue weighted by molar-refractivity contribution is 5.87. The van der Waals surface area contributed by atoms with Crippen molar-refractivity contribution >= 4 is 11.9 Å². The molecule has 0 aromatic rings. The highest BCUT2D eigenvalue weighted by atomic mass is 16.4. The minimum atomic E-state index is -1.04. The SMILES string of the molecule is CC(O)[C@H](N)C(=O)N1CCC[C@H]1C(=O)O. The second-order valence-electron chi connectivity index (χ2n) is 3.79. The molecule has 1 rings (SSSR count). The molecule has 4 N–H and O–H groups in total. The number of carbonyl (C=O) groups excluding carboxylic acids is 1. The van der Waals surface area contributed by atoms with E-state index in [0.29, 0.717) is 19.4 Å². The molecule has 0 aliphatic carbocycles. The fourth-order valence-corrected chi connectivity index (χ4v) is 1.69. The Kier molecular flexibility index (Phi) is 3.65. The maximum atomic E-state index is 11.7. The number of carboxylic acids is 1. The van der Waals surface area contributed by atoms with Crippen molar-refractivity contribution in [2.75, 3.05) is 6.54 Å². The first-order valence-corrected chi connectivity index (χ1v) is 4.92. The molecule has 1 saturated heterocycles. The Morgan fingerprint density at radius 3 is 2.60 bits per heavy atom. The van der Waals surface area contributed by atoms with Gasteiger partial charge in [-0.2, -0.15) is 0 Å². The lowest BCUT2D eigenvalue weighted by atomic mass is 10.1. The zero-order valence-electron chi connectivity index (χ0n) is 8.59. The van der Waals surface area contributed by atoms with Crippen LogP contribution in [0, 0.1) is 0 Å². The largest absolute Gasteiger partial charge is 0.480 e. The smallest absolute Gasteiger partial charge is 0.326 e. The van der Waals surface area contributed by atoms with E-state index in [-0.39, 0.29) is 0 Å². The number of aliphatic carboxylic acids is 1. The number of aliphatic hydroxyl groups excluding tert-OH is 1. The van der Waals surface area contributed by atoms with Gasteiger partial charge in [-0.15, -0.1) is 0 Å². The van der Waals surface area contributed by atoms with Gasteiger partial charge in [0.25, 0.3) is 0 Å². The number of aliphatic hydroxyl groups is 1. The Morgan fingerprint density at radius 1 is 1.53 bits per heavy atom. The second kappa shape index (κ2) is 4.59. The molecular weight excluding hydrogens is 200 g/mol. The first-order valence-electron chi connectivity index (χ1n) is 4.92. The summed E-state index contributed by atoms with van der Waals surface area (Å²) in [6.45, 7) is 1.81. The zero-order valence-corrected chi connectivity index (χ0v) is 8.59. The molecule has 1 unspecified atom stereocenters. The van der Waals surface area contributed by atoms with E-state index in [1.807, 2.05) is 0 Å². The quantitative estimate of drug-likeness (QED) is 0.548. The van der Waals surface area contributed by atoms with Crippen LogP contribution in [-0.2, 0) is 9.59 Å². The van der Waals surface area contributed by atoms with E-state index >= 15 is 0 Å². The standard InChI is InChI=1S/C9H16N2O4/c1-5(12)7(10)8(13)11-4-2-3-6(11)9(14)15/h5-7,12H,2-4,10H2,1H3,(H,14,15)/t5?,6-,7-/m0/s1. The highest BCUT2D eigenvalue weighted by Gasteiger charge is 2.37. The van der Waals surface area contributed by atoms with Crippen LogP contribution in [0.4, 0.5) is 0 Å². The maximum Gasteiger partial charge on any atom is 0.326 e. The Balaban J connectivity index is 2.70. The summed E-state index contributed by atoms with van der Waals surface area (Å²) in [5.74, 6) is -1.51. The van der Waals surface area contributed by atoms with Gasteiger partial charge in [-0.3, -0.25) is 4.79 Å². The number of carboxylic acid groups (broad SMARTS) is 1. The Labute approximate surface area is 87.7 Å². The predicted molar refractivity (Wildman–Crippen MR) is 52.0 cm³/mol. The van der Waals surface area contributed by atoms with Crippen molar-refractivity contribution in [2.45, 2.75) is 38.0 Å². The average Bonchev–Trinajstić information content (AvgIpc) is 2.63.